The molecule has 0 aliphatic rings. The van der Waals surface area contributed by atoms with Gasteiger partial charge in [-0.25, -0.2) is 0 Å². The molecule has 120 valence electrons. The Morgan fingerprint density at radius 2 is 1.86 bits per heavy atom. The van der Waals surface area contributed by atoms with Crippen LogP contribution >= 0.6 is 23.7 Å². The maximum absolute atomic E-state index is 12.4. The predicted molar refractivity (Wildman–Crippen MR) is 97.0 cm³/mol. The van der Waals surface area contributed by atoms with Gasteiger partial charge in [0.2, 0.25) is 5.91 Å². The van der Waals surface area contributed by atoms with E-state index in [4.69, 9.17) is 5.73 Å². The summed E-state index contributed by atoms with van der Waals surface area (Å²) in [4.78, 5) is 16.6. The van der Waals surface area contributed by atoms with Crippen molar-refractivity contribution in [3.8, 4) is 0 Å². The Labute approximate surface area is 142 Å². The van der Waals surface area contributed by atoms with E-state index in [1.54, 1.807) is 11.3 Å². The molecule has 1 aromatic carbocycles. The molecule has 5 heteroatoms. The largest absolute Gasteiger partial charge is 0.330 e. The lowest BCUT2D eigenvalue weighted by Crippen LogP contribution is -2.31. The van der Waals surface area contributed by atoms with E-state index in [-0.39, 0.29) is 18.3 Å². The number of carbonyl (C=O) groups is 1. The van der Waals surface area contributed by atoms with E-state index >= 15 is 0 Å². The second-order valence-electron chi connectivity index (χ2n) is 5.05. The molecule has 3 nitrogen and oxygen atoms in total. The second-order valence-corrected chi connectivity index (χ2v) is 6.42. The molecule has 0 unspecified atom stereocenters. The van der Waals surface area contributed by atoms with Crippen LogP contribution in [0.1, 0.15) is 28.7 Å². The maximum atomic E-state index is 12.4. The third-order valence-corrected chi connectivity index (χ3v) is 4.41. The van der Waals surface area contributed by atoms with E-state index in [2.05, 4.69) is 38.1 Å². The molecule has 0 aliphatic carbocycles. The van der Waals surface area contributed by atoms with E-state index in [1.807, 2.05) is 17.0 Å². The summed E-state index contributed by atoms with van der Waals surface area (Å²) < 4.78 is 0. The van der Waals surface area contributed by atoms with Crippen LogP contribution in [0.15, 0.2) is 36.4 Å². The Bertz CT molecular complexity index is 595. The summed E-state index contributed by atoms with van der Waals surface area (Å²) in [5.41, 5.74) is 7.76. The Kier molecular flexibility index (Phi) is 7.59. The molecule has 0 fully saturated rings. The van der Waals surface area contributed by atoms with Crippen molar-refractivity contribution in [2.24, 2.45) is 5.73 Å². The molecule has 0 spiro atoms. The Morgan fingerprint density at radius 3 is 2.36 bits per heavy atom. The van der Waals surface area contributed by atoms with Gasteiger partial charge in [-0.15, -0.1) is 23.7 Å². The number of thiophene rings is 1. The first-order valence-electron chi connectivity index (χ1n) is 7.28. The zero-order valence-corrected chi connectivity index (χ0v) is 14.7. The fraction of sp³-hybridized carbons (Fsp3) is 0.353. The molecule has 0 aliphatic heterocycles. The summed E-state index contributed by atoms with van der Waals surface area (Å²) >= 11 is 1.73. The van der Waals surface area contributed by atoms with Crippen LogP contribution in [-0.2, 0) is 17.8 Å². The van der Waals surface area contributed by atoms with Crippen molar-refractivity contribution in [2.45, 2.75) is 33.2 Å². The zero-order chi connectivity index (χ0) is 15.2. The fourth-order valence-electron chi connectivity index (χ4n) is 2.22. The van der Waals surface area contributed by atoms with E-state index < -0.39 is 0 Å². The van der Waals surface area contributed by atoms with Crippen molar-refractivity contribution in [1.29, 1.82) is 0 Å². The average molecular weight is 339 g/mol. The lowest BCUT2D eigenvalue weighted by molar-refractivity contribution is -0.118. The number of nitrogens with two attached hydrogens (primary N) is 1. The Hall–Kier alpha value is -1.36. The van der Waals surface area contributed by atoms with Crippen LogP contribution in [-0.4, -0.2) is 12.5 Å². The van der Waals surface area contributed by atoms with Gasteiger partial charge in [0.1, 0.15) is 0 Å². The van der Waals surface area contributed by atoms with Crippen molar-refractivity contribution in [1.82, 2.24) is 0 Å². The number of rotatable bonds is 6. The zero-order valence-electron chi connectivity index (χ0n) is 13.0. The van der Waals surface area contributed by atoms with Crippen molar-refractivity contribution < 1.29 is 4.79 Å². The van der Waals surface area contributed by atoms with Crippen LogP contribution in [0.25, 0.3) is 0 Å². The van der Waals surface area contributed by atoms with Crippen molar-refractivity contribution >= 4 is 35.3 Å². The Balaban J connectivity index is 0.00000242. The molecule has 0 saturated carbocycles. The number of amides is 1. The summed E-state index contributed by atoms with van der Waals surface area (Å²) in [6.07, 6.45) is 1.38. The van der Waals surface area contributed by atoms with Gasteiger partial charge in [-0.3, -0.25) is 4.79 Å². The number of benzene rings is 1. The molecule has 2 N–H and O–H groups in total. The smallest absolute Gasteiger partial charge is 0.228 e. The van der Waals surface area contributed by atoms with E-state index in [1.165, 1.54) is 15.3 Å². The normalized spacial score (nSPS) is 10.1. The highest BCUT2D eigenvalue weighted by Gasteiger charge is 2.16. The molecule has 1 aromatic heterocycles. The number of anilines is 1. The predicted octanol–water partition coefficient (Wildman–Crippen LogP) is 3.92. The number of nitrogens with zero attached hydrogens (tertiary/aromatic N) is 1. The highest BCUT2D eigenvalue weighted by Crippen LogP contribution is 2.23. The number of hydrogen-bond acceptors (Lipinski definition) is 3. The van der Waals surface area contributed by atoms with Gasteiger partial charge >= 0.3 is 0 Å². The molecular formula is C17H23ClN2OS. The van der Waals surface area contributed by atoms with Crippen molar-refractivity contribution in [3.05, 3.63) is 51.7 Å². The van der Waals surface area contributed by atoms with Gasteiger partial charge in [0, 0.05) is 28.4 Å². The summed E-state index contributed by atoms with van der Waals surface area (Å²) in [6.45, 7) is 5.20. The minimum atomic E-state index is 0. The van der Waals surface area contributed by atoms with E-state index in [9.17, 15) is 4.79 Å². The molecule has 0 atom stereocenters. The van der Waals surface area contributed by atoms with Gasteiger partial charge in [0.25, 0.3) is 0 Å². The monoisotopic (exact) mass is 338 g/mol. The number of halogens is 1. The van der Waals surface area contributed by atoms with Gasteiger partial charge in [0.15, 0.2) is 0 Å². The molecule has 22 heavy (non-hydrogen) atoms. The summed E-state index contributed by atoms with van der Waals surface area (Å²) in [7, 11) is 0. The van der Waals surface area contributed by atoms with Crippen molar-refractivity contribution in [2.75, 3.05) is 11.4 Å². The maximum Gasteiger partial charge on any atom is 0.228 e. The number of aryl methyl sites for hydroxylation is 2. The van der Waals surface area contributed by atoms with Crippen LogP contribution in [0.3, 0.4) is 0 Å². The van der Waals surface area contributed by atoms with Gasteiger partial charge in [-0.2, -0.15) is 0 Å². The summed E-state index contributed by atoms with van der Waals surface area (Å²) in [6, 6.07) is 12.4. The fourth-order valence-corrected chi connectivity index (χ4v) is 3.10. The van der Waals surface area contributed by atoms with Crippen molar-refractivity contribution in [3.63, 3.8) is 0 Å². The van der Waals surface area contributed by atoms with Gasteiger partial charge in [-0.05, 0) is 43.2 Å². The lowest BCUT2D eigenvalue weighted by Gasteiger charge is -2.22. The number of carbonyl (C=O) groups excluding carboxylic acids is 1. The highest BCUT2D eigenvalue weighted by atomic mass is 35.5. The molecule has 1 heterocycles. The minimum absolute atomic E-state index is 0. The Morgan fingerprint density at radius 1 is 1.18 bits per heavy atom. The van der Waals surface area contributed by atoms with E-state index in [0.29, 0.717) is 19.5 Å². The van der Waals surface area contributed by atoms with Crippen LogP contribution in [0.2, 0.25) is 0 Å². The second kappa shape index (κ2) is 8.93. The first kappa shape index (κ1) is 18.7. The highest BCUT2D eigenvalue weighted by molar-refractivity contribution is 7.11. The standard InChI is InChI=1S/C17H22N2OS.ClH/c1-3-14-5-7-15(8-6-14)19(17(20)10-11-18)12-16-9-4-13(2)21-16;/h4-9H,3,10-12,18H2,1-2H3;1H. The molecule has 0 saturated heterocycles. The van der Waals surface area contributed by atoms with Gasteiger partial charge < -0.3 is 10.6 Å². The van der Waals surface area contributed by atoms with Gasteiger partial charge in [0.05, 0.1) is 6.54 Å². The molecular weight excluding hydrogens is 316 g/mol. The van der Waals surface area contributed by atoms with Crippen LogP contribution < -0.4 is 10.6 Å². The average Bonchev–Trinajstić information content (AvgIpc) is 2.90. The molecule has 0 bridgehead atoms. The first-order chi connectivity index (χ1) is 10.1. The minimum Gasteiger partial charge on any atom is -0.330 e. The topological polar surface area (TPSA) is 46.3 Å². The van der Waals surface area contributed by atoms with Crippen LogP contribution in [0.5, 0.6) is 0 Å². The summed E-state index contributed by atoms with van der Waals surface area (Å²) in [5.74, 6) is 0.0767. The third-order valence-electron chi connectivity index (χ3n) is 3.43. The number of hydrogen-bond donors (Lipinski definition) is 1. The summed E-state index contributed by atoms with van der Waals surface area (Å²) in [5, 5.41) is 0. The van der Waals surface area contributed by atoms with Crippen LogP contribution in [0, 0.1) is 6.92 Å². The third kappa shape index (κ3) is 4.83. The molecule has 0 radical (unpaired) electrons. The first-order valence-corrected chi connectivity index (χ1v) is 8.10. The molecule has 1 amide bonds. The molecule has 2 rings (SSSR count). The van der Waals surface area contributed by atoms with Crippen LogP contribution in [0.4, 0.5) is 5.69 Å². The molecule has 2 aromatic rings. The quantitative estimate of drug-likeness (QED) is 0.867. The van der Waals surface area contributed by atoms with Gasteiger partial charge in [-0.1, -0.05) is 19.1 Å². The SMILES string of the molecule is CCc1ccc(N(Cc2ccc(C)s2)C(=O)CCN)cc1.Cl. The lowest BCUT2D eigenvalue weighted by atomic mass is 10.1. The van der Waals surface area contributed by atoms with E-state index in [0.717, 1.165) is 12.1 Å².